The smallest absolute Gasteiger partial charge is 0.257 e. The summed E-state index contributed by atoms with van der Waals surface area (Å²) in [6, 6.07) is 8.46. The van der Waals surface area contributed by atoms with Crippen molar-refractivity contribution in [3.63, 3.8) is 0 Å². The molecule has 1 aromatic carbocycles. The monoisotopic (exact) mass is 356 g/mol. The first-order chi connectivity index (χ1) is 12.5. The highest BCUT2D eigenvalue weighted by molar-refractivity contribution is 5.96. The van der Waals surface area contributed by atoms with E-state index in [0.717, 1.165) is 0 Å². The number of hydrogen-bond donors (Lipinski definition) is 3. The number of ether oxygens (including phenoxy) is 2. The van der Waals surface area contributed by atoms with Crippen LogP contribution in [0.15, 0.2) is 49.3 Å². The minimum absolute atomic E-state index is 0.201. The summed E-state index contributed by atoms with van der Waals surface area (Å²) in [7, 11) is 3.08. The van der Waals surface area contributed by atoms with Gasteiger partial charge in [0.2, 0.25) is 0 Å². The number of methoxy groups -OCH3 is 2. The van der Waals surface area contributed by atoms with Gasteiger partial charge in [-0.05, 0) is 24.3 Å². The fraction of sp³-hybridized carbons (Fsp3) is 0.167. The Morgan fingerprint density at radius 2 is 1.96 bits per heavy atom. The normalized spacial score (nSPS) is 9.77. The maximum absolute atomic E-state index is 11.9. The Morgan fingerprint density at radius 3 is 2.62 bits per heavy atom. The van der Waals surface area contributed by atoms with Crippen molar-refractivity contribution in [1.29, 1.82) is 0 Å². The van der Waals surface area contributed by atoms with Crippen molar-refractivity contribution in [2.24, 2.45) is 0 Å². The molecule has 8 nitrogen and oxygen atoms in total. The first-order valence-electron chi connectivity index (χ1n) is 7.69. The van der Waals surface area contributed by atoms with Gasteiger partial charge in [0.05, 0.1) is 32.0 Å². The molecule has 0 saturated carbocycles. The summed E-state index contributed by atoms with van der Waals surface area (Å²) in [5, 5.41) is 2.50. The molecule has 3 N–H and O–H groups in total. The molecule has 0 unspecified atom stereocenters. The van der Waals surface area contributed by atoms with Crippen molar-refractivity contribution in [3.05, 3.63) is 60.4 Å². The van der Waals surface area contributed by atoms with Crippen LogP contribution in [0.2, 0.25) is 0 Å². The molecule has 0 atom stereocenters. The van der Waals surface area contributed by atoms with Gasteiger partial charge in [-0.3, -0.25) is 25.4 Å². The largest absolute Gasteiger partial charge is 0.497 e. The molecule has 2 amide bonds. The molecule has 2 aromatic rings. The summed E-state index contributed by atoms with van der Waals surface area (Å²) >= 11 is 0. The van der Waals surface area contributed by atoms with Gasteiger partial charge in [0, 0.05) is 24.0 Å². The molecule has 26 heavy (non-hydrogen) atoms. The molecule has 0 bridgehead atoms. The first-order valence-corrected chi connectivity index (χ1v) is 7.69. The SMILES string of the molecule is C=C(NNC(=O)CNC(=O)c1cccnc1)c1ccc(OC)cc1OC. The van der Waals surface area contributed by atoms with Crippen LogP contribution in [-0.4, -0.2) is 37.6 Å². The van der Waals surface area contributed by atoms with Gasteiger partial charge in [-0.25, -0.2) is 0 Å². The summed E-state index contributed by atoms with van der Waals surface area (Å²) in [6.45, 7) is 3.66. The van der Waals surface area contributed by atoms with Crippen molar-refractivity contribution in [2.45, 2.75) is 0 Å². The van der Waals surface area contributed by atoms with Gasteiger partial charge in [0.15, 0.2) is 0 Å². The molecule has 136 valence electrons. The zero-order chi connectivity index (χ0) is 18.9. The van der Waals surface area contributed by atoms with Gasteiger partial charge in [0.1, 0.15) is 11.5 Å². The third-order valence-corrected chi connectivity index (χ3v) is 3.42. The number of nitrogens with zero attached hydrogens (tertiary/aromatic N) is 1. The van der Waals surface area contributed by atoms with Crippen LogP contribution in [0.25, 0.3) is 5.70 Å². The Hall–Kier alpha value is -3.55. The van der Waals surface area contributed by atoms with Crippen LogP contribution in [0.4, 0.5) is 0 Å². The van der Waals surface area contributed by atoms with Gasteiger partial charge < -0.3 is 14.8 Å². The summed E-state index contributed by atoms with van der Waals surface area (Å²) in [6.07, 6.45) is 2.98. The number of rotatable bonds is 8. The minimum atomic E-state index is -0.434. The number of carbonyl (C=O) groups is 2. The molecule has 1 heterocycles. The topological polar surface area (TPSA) is 102 Å². The summed E-state index contributed by atoms with van der Waals surface area (Å²) in [4.78, 5) is 27.6. The van der Waals surface area contributed by atoms with Gasteiger partial charge in [-0.15, -0.1) is 0 Å². The van der Waals surface area contributed by atoms with Gasteiger partial charge in [-0.2, -0.15) is 0 Å². The zero-order valence-electron chi connectivity index (χ0n) is 14.5. The fourth-order valence-corrected chi connectivity index (χ4v) is 2.06. The Labute approximate surface area is 151 Å². The average Bonchev–Trinajstić information content (AvgIpc) is 2.70. The van der Waals surface area contributed by atoms with E-state index in [1.165, 1.54) is 13.3 Å². The molecular weight excluding hydrogens is 336 g/mol. The van der Waals surface area contributed by atoms with Gasteiger partial charge in [0.25, 0.3) is 11.8 Å². The standard InChI is InChI=1S/C18H20N4O4/c1-12(15-7-6-14(25-2)9-16(15)26-3)21-22-17(23)11-20-18(24)13-5-4-8-19-10-13/h4-10,21H,1,11H2,2-3H3,(H,20,24)(H,22,23). The second kappa shape index (κ2) is 9.07. The van der Waals surface area contributed by atoms with E-state index < -0.39 is 5.91 Å². The Bertz CT molecular complexity index is 793. The molecule has 0 radical (unpaired) electrons. The number of hydrogen-bond acceptors (Lipinski definition) is 6. The molecule has 0 aliphatic heterocycles. The van der Waals surface area contributed by atoms with E-state index in [4.69, 9.17) is 9.47 Å². The Kier molecular flexibility index (Phi) is 6.55. The van der Waals surface area contributed by atoms with E-state index in [1.54, 1.807) is 43.6 Å². The molecule has 8 heteroatoms. The van der Waals surface area contributed by atoms with E-state index in [-0.39, 0.29) is 12.5 Å². The lowest BCUT2D eigenvalue weighted by Gasteiger charge is -2.15. The molecular formula is C18H20N4O4. The van der Waals surface area contributed by atoms with Crippen molar-refractivity contribution in [1.82, 2.24) is 21.2 Å². The van der Waals surface area contributed by atoms with E-state index >= 15 is 0 Å². The molecule has 0 aliphatic carbocycles. The molecule has 0 fully saturated rings. The van der Waals surface area contributed by atoms with Crippen molar-refractivity contribution < 1.29 is 19.1 Å². The maximum atomic E-state index is 11.9. The Morgan fingerprint density at radius 1 is 1.15 bits per heavy atom. The maximum Gasteiger partial charge on any atom is 0.257 e. The van der Waals surface area contributed by atoms with E-state index in [1.807, 2.05) is 0 Å². The highest BCUT2D eigenvalue weighted by Gasteiger charge is 2.11. The van der Waals surface area contributed by atoms with Crippen molar-refractivity contribution in [2.75, 3.05) is 20.8 Å². The quantitative estimate of drug-likeness (QED) is 0.613. The third-order valence-electron chi connectivity index (χ3n) is 3.42. The van der Waals surface area contributed by atoms with Crippen LogP contribution in [0, 0.1) is 0 Å². The number of hydrazine groups is 1. The van der Waals surface area contributed by atoms with Crippen LogP contribution in [0.5, 0.6) is 11.5 Å². The van der Waals surface area contributed by atoms with Crippen LogP contribution in [0.3, 0.4) is 0 Å². The van der Waals surface area contributed by atoms with Crippen molar-refractivity contribution >= 4 is 17.5 Å². The number of aromatic nitrogens is 1. The van der Waals surface area contributed by atoms with Crippen LogP contribution < -0.4 is 25.6 Å². The lowest BCUT2D eigenvalue weighted by atomic mass is 10.1. The minimum Gasteiger partial charge on any atom is -0.497 e. The fourth-order valence-electron chi connectivity index (χ4n) is 2.06. The highest BCUT2D eigenvalue weighted by Crippen LogP contribution is 2.27. The Balaban J connectivity index is 1.85. The first kappa shape index (κ1) is 18.8. The molecule has 0 spiro atoms. The number of amides is 2. The second-order valence-corrected chi connectivity index (χ2v) is 5.14. The van der Waals surface area contributed by atoms with E-state index in [0.29, 0.717) is 28.3 Å². The predicted octanol–water partition coefficient (Wildman–Crippen LogP) is 1.12. The average molecular weight is 356 g/mol. The lowest BCUT2D eigenvalue weighted by molar-refractivity contribution is -0.120. The van der Waals surface area contributed by atoms with Crippen LogP contribution >= 0.6 is 0 Å². The summed E-state index contributed by atoms with van der Waals surface area (Å²) in [5.41, 5.74) is 6.62. The number of benzene rings is 1. The summed E-state index contributed by atoms with van der Waals surface area (Å²) < 4.78 is 10.4. The van der Waals surface area contributed by atoms with E-state index in [9.17, 15) is 9.59 Å². The highest BCUT2D eigenvalue weighted by atomic mass is 16.5. The zero-order valence-corrected chi connectivity index (χ0v) is 14.5. The van der Waals surface area contributed by atoms with E-state index in [2.05, 4.69) is 27.7 Å². The summed E-state index contributed by atoms with van der Waals surface area (Å²) in [5.74, 6) is 0.362. The van der Waals surface area contributed by atoms with Crippen molar-refractivity contribution in [3.8, 4) is 11.5 Å². The molecule has 2 rings (SSSR count). The third kappa shape index (κ3) is 4.97. The molecule has 1 aromatic heterocycles. The molecule has 0 saturated heterocycles. The number of carbonyl (C=O) groups excluding carboxylic acids is 2. The predicted molar refractivity (Wildman–Crippen MR) is 96.4 cm³/mol. The van der Waals surface area contributed by atoms with Gasteiger partial charge >= 0.3 is 0 Å². The lowest BCUT2D eigenvalue weighted by Crippen LogP contribution is -2.42. The van der Waals surface area contributed by atoms with Crippen LogP contribution in [-0.2, 0) is 4.79 Å². The second-order valence-electron chi connectivity index (χ2n) is 5.14. The number of nitrogens with one attached hydrogen (secondary N) is 3. The number of pyridine rings is 1. The molecule has 0 aliphatic rings. The van der Waals surface area contributed by atoms with Gasteiger partial charge in [-0.1, -0.05) is 6.58 Å². The van der Waals surface area contributed by atoms with Crippen LogP contribution in [0.1, 0.15) is 15.9 Å².